The number of aromatic nitrogens is 1. The number of halogens is 3. The molecule has 1 aliphatic heterocycles. The van der Waals surface area contributed by atoms with Crippen LogP contribution in [0, 0.1) is 0 Å². The Balaban J connectivity index is 0.000000472. The van der Waals surface area contributed by atoms with Gasteiger partial charge in [0.1, 0.15) is 12.3 Å². The summed E-state index contributed by atoms with van der Waals surface area (Å²) in [6, 6.07) is 7.28. The van der Waals surface area contributed by atoms with Gasteiger partial charge >= 0.3 is 6.18 Å². The van der Waals surface area contributed by atoms with Gasteiger partial charge in [-0.25, -0.2) is 0 Å². The van der Waals surface area contributed by atoms with Crippen molar-refractivity contribution in [2.45, 2.75) is 95.1 Å². The molecule has 1 saturated carbocycles. The topological polar surface area (TPSA) is 94.6 Å². The van der Waals surface area contributed by atoms with Gasteiger partial charge in [-0.2, -0.15) is 13.2 Å². The van der Waals surface area contributed by atoms with E-state index in [1.54, 1.807) is 11.9 Å². The van der Waals surface area contributed by atoms with Crippen molar-refractivity contribution in [3.05, 3.63) is 59.4 Å². The van der Waals surface area contributed by atoms with E-state index in [-0.39, 0.29) is 29.2 Å². The first-order chi connectivity index (χ1) is 18.8. The number of carbonyl (C=O) groups excluding carboxylic acids is 2. The second kappa shape index (κ2) is 13.6. The zero-order valence-corrected chi connectivity index (χ0v) is 23.7. The van der Waals surface area contributed by atoms with Crippen molar-refractivity contribution in [1.29, 1.82) is 0 Å². The van der Waals surface area contributed by atoms with E-state index in [0.29, 0.717) is 18.7 Å². The fraction of sp³-hybridized carbons (Fsp3) is 0.567. The van der Waals surface area contributed by atoms with Gasteiger partial charge in [-0.05, 0) is 48.4 Å². The summed E-state index contributed by atoms with van der Waals surface area (Å²) in [7, 11) is 1.66. The van der Waals surface area contributed by atoms with Crippen LogP contribution < -0.4 is 15.5 Å². The molecular formula is C30H41F3N4O3. The maximum atomic E-state index is 13.8. The normalized spacial score (nSPS) is 20.7. The molecule has 1 aromatic carbocycles. The Morgan fingerprint density at radius 3 is 2.27 bits per heavy atom. The highest BCUT2D eigenvalue weighted by Crippen LogP contribution is 2.37. The van der Waals surface area contributed by atoms with Crippen molar-refractivity contribution < 1.29 is 27.9 Å². The summed E-state index contributed by atoms with van der Waals surface area (Å²) >= 11 is 0. The minimum absolute atomic E-state index is 0.0126. The molecule has 0 bridgehead atoms. The number of aliphatic hydroxyl groups excluding tert-OH is 1. The van der Waals surface area contributed by atoms with Crippen LogP contribution in [0.4, 0.5) is 18.9 Å². The van der Waals surface area contributed by atoms with E-state index in [2.05, 4.69) is 36.4 Å². The van der Waals surface area contributed by atoms with Crippen LogP contribution in [0.3, 0.4) is 0 Å². The number of nitrogens with one attached hydrogen (secondary N) is 2. The van der Waals surface area contributed by atoms with Gasteiger partial charge in [0.15, 0.2) is 0 Å². The smallest absolute Gasteiger partial charge is 0.392 e. The molecule has 2 fully saturated rings. The molecule has 220 valence electrons. The van der Waals surface area contributed by atoms with E-state index in [4.69, 9.17) is 5.11 Å². The zero-order chi connectivity index (χ0) is 29.5. The lowest BCUT2D eigenvalue weighted by molar-refractivity contribution is -0.138. The molecule has 0 radical (unpaired) electrons. The van der Waals surface area contributed by atoms with Gasteiger partial charge in [-0.3, -0.25) is 9.78 Å². The molecule has 7 nitrogen and oxygen atoms in total. The van der Waals surface area contributed by atoms with Gasteiger partial charge in [0.2, 0.25) is 5.91 Å². The molecule has 0 spiro atoms. The van der Waals surface area contributed by atoms with Crippen LogP contribution in [0.15, 0.2) is 42.7 Å². The SMILES string of the molecule is CN(c1ccc(C(C)(C)C)cc1)C(C(=O)NC1CCCCC1)c1cnccc1C(F)(F)F.O=CC1CC(O)CN1. The molecule has 1 aromatic heterocycles. The number of rotatable bonds is 6. The molecule has 3 atom stereocenters. The number of pyridine rings is 1. The number of anilines is 1. The second-order valence-electron chi connectivity index (χ2n) is 11.7. The fourth-order valence-electron chi connectivity index (χ4n) is 5.13. The molecule has 10 heteroatoms. The van der Waals surface area contributed by atoms with Crippen LogP contribution in [-0.4, -0.2) is 54.1 Å². The van der Waals surface area contributed by atoms with Crippen LogP contribution in [0.2, 0.25) is 0 Å². The van der Waals surface area contributed by atoms with E-state index < -0.39 is 23.7 Å². The Hall–Kier alpha value is -2.98. The predicted molar refractivity (Wildman–Crippen MR) is 149 cm³/mol. The lowest BCUT2D eigenvalue weighted by atomic mass is 9.87. The first-order valence-electron chi connectivity index (χ1n) is 13.8. The van der Waals surface area contributed by atoms with E-state index >= 15 is 0 Å². The molecule has 40 heavy (non-hydrogen) atoms. The van der Waals surface area contributed by atoms with Gasteiger partial charge in [0.05, 0.1) is 17.7 Å². The monoisotopic (exact) mass is 562 g/mol. The lowest BCUT2D eigenvalue weighted by Crippen LogP contribution is -2.44. The molecule has 1 aliphatic carbocycles. The molecule has 4 rings (SSSR count). The highest BCUT2D eigenvalue weighted by Gasteiger charge is 2.39. The lowest BCUT2D eigenvalue weighted by Gasteiger charge is -2.33. The van der Waals surface area contributed by atoms with Crippen molar-refractivity contribution in [2.75, 3.05) is 18.5 Å². The van der Waals surface area contributed by atoms with Crippen LogP contribution in [0.1, 0.15) is 82.0 Å². The van der Waals surface area contributed by atoms with Gasteiger partial charge in [0.25, 0.3) is 0 Å². The third kappa shape index (κ3) is 8.51. The van der Waals surface area contributed by atoms with Crippen LogP contribution in [0.5, 0.6) is 0 Å². The number of aliphatic hydroxyl groups is 1. The third-order valence-corrected chi connectivity index (χ3v) is 7.49. The Morgan fingerprint density at radius 2 is 1.77 bits per heavy atom. The first-order valence-corrected chi connectivity index (χ1v) is 13.8. The average Bonchev–Trinajstić information content (AvgIpc) is 3.34. The Bertz CT molecular complexity index is 1110. The van der Waals surface area contributed by atoms with E-state index in [0.717, 1.165) is 62.4 Å². The Kier molecular flexibility index (Phi) is 10.7. The Labute approximate surface area is 234 Å². The summed E-state index contributed by atoms with van der Waals surface area (Å²) < 4.78 is 41.4. The minimum atomic E-state index is -4.58. The predicted octanol–water partition coefficient (Wildman–Crippen LogP) is 4.93. The number of amides is 1. The summed E-state index contributed by atoms with van der Waals surface area (Å²) in [4.78, 5) is 28.9. The number of nitrogens with zero attached hydrogens (tertiary/aromatic N) is 2. The molecule has 3 N–H and O–H groups in total. The molecule has 1 amide bonds. The minimum Gasteiger partial charge on any atom is -0.392 e. The number of hydrogen-bond acceptors (Lipinski definition) is 6. The number of likely N-dealkylation sites (N-methyl/N-ethyl adjacent to an activating group) is 1. The van der Waals surface area contributed by atoms with Crippen molar-refractivity contribution >= 4 is 17.9 Å². The number of hydrogen-bond donors (Lipinski definition) is 3. The number of benzene rings is 1. The van der Waals surface area contributed by atoms with E-state index in [9.17, 15) is 22.8 Å². The molecule has 2 aromatic rings. The third-order valence-electron chi connectivity index (χ3n) is 7.49. The maximum Gasteiger partial charge on any atom is 0.416 e. The molecule has 3 unspecified atom stereocenters. The van der Waals surface area contributed by atoms with Crippen molar-refractivity contribution in [3.8, 4) is 0 Å². The molecular weight excluding hydrogens is 521 g/mol. The standard InChI is InChI=1S/C25H32F3N3O.C5H9NO2/c1-24(2,3)17-10-12-19(13-11-17)31(4)22(23(32)30-18-8-6-5-7-9-18)20-16-29-15-14-21(20)25(26,27)28;7-3-4-1-5(8)2-6-4/h10-16,18,22H,5-9H2,1-4H3,(H,30,32);3-6,8H,1-2H2. The average molecular weight is 563 g/mol. The van der Waals surface area contributed by atoms with Crippen molar-refractivity contribution in [2.24, 2.45) is 0 Å². The molecule has 2 heterocycles. The highest BCUT2D eigenvalue weighted by molar-refractivity contribution is 5.87. The number of carbonyl (C=O) groups is 2. The van der Waals surface area contributed by atoms with Gasteiger partial charge in [-0.15, -0.1) is 0 Å². The number of β-amino-alcohol motifs (C(OH)–C–C–N with tert-alkyl or cyclic N) is 1. The van der Waals surface area contributed by atoms with Crippen LogP contribution in [-0.2, 0) is 21.2 Å². The summed E-state index contributed by atoms with van der Waals surface area (Å²) in [6.45, 7) is 6.84. The van der Waals surface area contributed by atoms with Crippen LogP contribution in [0.25, 0.3) is 0 Å². The first kappa shape index (κ1) is 31.5. The zero-order valence-electron chi connectivity index (χ0n) is 23.7. The van der Waals surface area contributed by atoms with E-state index in [1.165, 1.54) is 0 Å². The second-order valence-corrected chi connectivity index (χ2v) is 11.7. The van der Waals surface area contributed by atoms with E-state index in [1.807, 2.05) is 24.3 Å². The van der Waals surface area contributed by atoms with Gasteiger partial charge in [0, 0.05) is 43.3 Å². The maximum absolute atomic E-state index is 13.8. The van der Waals surface area contributed by atoms with Gasteiger partial charge < -0.3 is 25.4 Å². The summed E-state index contributed by atoms with van der Waals surface area (Å²) in [5, 5.41) is 14.7. The summed E-state index contributed by atoms with van der Waals surface area (Å²) in [5.74, 6) is -0.433. The van der Waals surface area contributed by atoms with Crippen LogP contribution >= 0.6 is 0 Å². The summed E-state index contributed by atoms with van der Waals surface area (Å²) in [5.41, 5.74) is 0.737. The highest BCUT2D eigenvalue weighted by atomic mass is 19.4. The number of aldehydes is 1. The quantitative estimate of drug-likeness (QED) is 0.432. The van der Waals surface area contributed by atoms with Crippen molar-refractivity contribution in [1.82, 2.24) is 15.6 Å². The molecule has 2 aliphatic rings. The fourth-order valence-corrected chi connectivity index (χ4v) is 5.13. The largest absolute Gasteiger partial charge is 0.416 e. The molecule has 1 saturated heterocycles. The van der Waals surface area contributed by atoms with Crippen molar-refractivity contribution in [3.63, 3.8) is 0 Å². The summed E-state index contributed by atoms with van der Waals surface area (Å²) in [6.07, 6.45) is 3.62. The van der Waals surface area contributed by atoms with Gasteiger partial charge in [-0.1, -0.05) is 52.2 Å². The number of alkyl halides is 3. The Morgan fingerprint density at radius 1 is 1.12 bits per heavy atom.